The Morgan fingerprint density at radius 1 is 0.889 bits per heavy atom. The van der Waals surface area contributed by atoms with E-state index in [1.165, 1.54) is 11.2 Å². The van der Waals surface area contributed by atoms with Crippen LogP contribution >= 0.6 is 0 Å². The first-order valence-corrected chi connectivity index (χ1v) is 10.8. The summed E-state index contributed by atoms with van der Waals surface area (Å²) < 4.78 is 16.1. The molecule has 1 amide bonds. The van der Waals surface area contributed by atoms with Gasteiger partial charge in [-0.15, -0.1) is 0 Å². The SMILES string of the molecule is COc1cc(Nc2ncnc(Nc3cc(-c4ccc(C(=O)N(C)C)cc4)[nH]n3)n2)cc(OC)c1OC. The Balaban J connectivity index is 1.48. The number of methoxy groups -OCH3 is 3. The summed E-state index contributed by atoms with van der Waals surface area (Å²) in [7, 11) is 8.06. The van der Waals surface area contributed by atoms with Crippen molar-refractivity contribution in [3.05, 3.63) is 54.4 Å². The monoisotopic (exact) mass is 490 g/mol. The summed E-state index contributed by atoms with van der Waals surface area (Å²) in [5.41, 5.74) is 2.90. The lowest BCUT2D eigenvalue weighted by Crippen LogP contribution is -2.21. The van der Waals surface area contributed by atoms with E-state index >= 15 is 0 Å². The highest BCUT2D eigenvalue weighted by Gasteiger charge is 2.14. The molecule has 186 valence electrons. The third-order valence-electron chi connectivity index (χ3n) is 5.16. The van der Waals surface area contributed by atoms with Crippen LogP contribution in [0.3, 0.4) is 0 Å². The van der Waals surface area contributed by atoms with Crippen molar-refractivity contribution in [1.82, 2.24) is 30.0 Å². The first kappa shape index (κ1) is 24.3. The van der Waals surface area contributed by atoms with Gasteiger partial charge in [0.25, 0.3) is 5.91 Å². The molecule has 2 aromatic heterocycles. The van der Waals surface area contributed by atoms with Gasteiger partial charge >= 0.3 is 0 Å². The van der Waals surface area contributed by atoms with E-state index in [-0.39, 0.29) is 5.91 Å². The van der Waals surface area contributed by atoms with Gasteiger partial charge < -0.3 is 29.7 Å². The second-order valence-electron chi connectivity index (χ2n) is 7.74. The van der Waals surface area contributed by atoms with Crippen molar-refractivity contribution in [1.29, 1.82) is 0 Å². The van der Waals surface area contributed by atoms with Crippen LogP contribution in [0.2, 0.25) is 0 Å². The zero-order valence-corrected chi connectivity index (χ0v) is 20.5. The number of H-pyrrole nitrogens is 1. The summed E-state index contributed by atoms with van der Waals surface area (Å²) in [5, 5.41) is 13.4. The van der Waals surface area contributed by atoms with Gasteiger partial charge in [0.1, 0.15) is 6.33 Å². The van der Waals surface area contributed by atoms with Crippen LogP contribution < -0.4 is 24.8 Å². The van der Waals surface area contributed by atoms with E-state index in [0.717, 1.165) is 11.3 Å². The van der Waals surface area contributed by atoms with Gasteiger partial charge in [0.05, 0.1) is 27.0 Å². The number of hydrogen-bond donors (Lipinski definition) is 3. The maximum atomic E-state index is 12.1. The molecular weight excluding hydrogens is 464 g/mol. The molecule has 3 N–H and O–H groups in total. The third-order valence-corrected chi connectivity index (χ3v) is 5.16. The number of aromatic amines is 1. The van der Waals surface area contributed by atoms with E-state index in [2.05, 4.69) is 35.8 Å². The van der Waals surface area contributed by atoms with Crippen molar-refractivity contribution in [2.45, 2.75) is 0 Å². The van der Waals surface area contributed by atoms with Crippen LogP contribution in [-0.4, -0.2) is 71.4 Å². The fourth-order valence-electron chi connectivity index (χ4n) is 3.40. The van der Waals surface area contributed by atoms with Gasteiger partial charge in [-0.05, 0) is 17.7 Å². The minimum absolute atomic E-state index is 0.0562. The molecule has 12 heteroatoms. The zero-order valence-electron chi connectivity index (χ0n) is 20.5. The summed E-state index contributed by atoms with van der Waals surface area (Å²) >= 11 is 0. The Hall–Kier alpha value is -4.87. The molecule has 0 aliphatic heterocycles. The Bertz CT molecular complexity index is 1330. The fraction of sp³-hybridized carbons (Fsp3) is 0.208. The Labute approximate surface area is 207 Å². The molecule has 0 radical (unpaired) electrons. The van der Waals surface area contributed by atoms with Crippen molar-refractivity contribution in [3.63, 3.8) is 0 Å². The predicted octanol–water partition coefficient (Wildman–Crippen LogP) is 3.48. The topological polar surface area (TPSA) is 139 Å². The van der Waals surface area contributed by atoms with Crippen LogP contribution in [0.4, 0.5) is 23.4 Å². The number of rotatable bonds is 9. The van der Waals surface area contributed by atoms with E-state index in [1.54, 1.807) is 59.7 Å². The van der Waals surface area contributed by atoms with E-state index in [4.69, 9.17) is 14.2 Å². The lowest BCUT2D eigenvalue weighted by atomic mass is 10.1. The second-order valence-corrected chi connectivity index (χ2v) is 7.74. The molecule has 4 rings (SSSR count). The van der Waals surface area contributed by atoms with Crippen molar-refractivity contribution in [2.24, 2.45) is 0 Å². The molecular formula is C24H26N8O4. The smallest absolute Gasteiger partial charge is 0.253 e. The Morgan fingerprint density at radius 3 is 2.11 bits per heavy atom. The molecule has 0 saturated carbocycles. The Morgan fingerprint density at radius 2 is 1.53 bits per heavy atom. The van der Waals surface area contributed by atoms with Gasteiger partial charge in [0.2, 0.25) is 17.6 Å². The largest absolute Gasteiger partial charge is 0.493 e. The van der Waals surface area contributed by atoms with Crippen LogP contribution in [0.15, 0.2) is 48.8 Å². The molecule has 2 aromatic carbocycles. The molecule has 2 heterocycles. The average molecular weight is 491 g/mol. The maximum Gasteiger partial charge on any atom is 0.253 e. The molecule has 0 unspecified atom stereocenters. The van der Waals surface area contributed by atoms with Gasteiger partial charge in [0.15, 0.2) is 17.3 Å². The van der Waals surface area contributed by atoms with Crippen LogP contribution in [0.5, 0.6) is 17.2 Å². The highest BCUT2D eigenvalue weighted by atomic mass is 16.5. The number of aromatic nitrogens is 5. The highest BCUT2D eigenvalue weighted by molar-refractivity contribution is 5.94. The van der Waals surface area contributed by atoms with Gasteiger partial charge in [-0.1, -0.05) is 12.1 Å². The van der Waals surface area contributed by atoms with Crippen molar-refractivity contribution >= 4 is 29.3 Å². The van der Waals surface area contributed by atoms with Crippen molar-refractivity contribution in [2.75, 3.05) is 46.1 Å². The standard InChI is InChI=1S/C24H26N8O4/c1-32(2)22(33)15-8-6-14(7-9-15)17-12-20(31-30-17)28-24-26-13-25-23(29-24)27-16-10-18(34-3)21(36-5)19(11-16)35-4/h6-13H,1-5H3,(H3,25,26,27,28,29,30,31). The quantitative estimate of drug-likeness (QED) is 0.319. The van der Waals surface area contributed by atoms with E-state index in [1.807, 2.05) is 18.2 Å². The molecule has 0 spiro atoms. The summed E-state index contributed by atoms with van der Waals surface area (Å²) in [6, 6.07) is 12.6. The number of amides is 1. The molecule has 12 nitrogen and oxygen atoms in total. The van der Waals surface area contributed by atoms with Gasteiger partial charge in [-0.25, -0.2) is 9.97 Å². The molecule has 0 aliphatic carbocycles. The number of nitrogens with zero attached hydrogens (tertiary/aromatic N) is 5. The van der Waals surface area contributed by atoms with E-state index in [9.17, 15) is 4.79 Å². The lowest BCUT2D eigenvalue weighted by molar-refractivity contribution is 0.0827. The first-order chi connectivity index (χ1) is 17.4. The number of nitrogens with one attached hydrogen (secondary N) is 3. The van der Waals surface area contributed by atoms with E-state index in [0.29, 0.717) is 46.2 Å². The van der Waals surface area contributed by atoms with Gasteiger partial charge in [-0.3, -0.25) is 9.89 Å². The first-order valence-electron chi connectivity index (χ1n) is 10.8. The molecule has 0 aliphatic rings. The van der Waals surface area contributed by atoms with Gasteiger partial charge in [0, 0.05) is 43.5 Å². The molecule has 0 atom stereocenters. The fourth-order valence-corrected chi connectivity index (χ4v) is 3.40. The molecule has 0 saturated heterocycles. The number of carbonyl (C=O) groups is 1. The number of carbonyl (C=O) groups excluding carboxylic acids is 1. The summed E-state index contributed by atoms with van der Waals surface area (Å²) in [5.74, 6) is 2.54. The number of anilines is 4. The minimum atomic E-state index is -0.0562. The summed E-state index contributed by atoms with van der Waals surface area (Å²) in [6.07, 6.45) is 1.38. The summed E-state index contributed by atoms with van der Waals surface area (Å²) in [4.78, 5) is 26.4. The molecule has 36 heavy (non-hydrogen) atoms. The van der Waals surface area contributed by atoms with Crippen LogP contribution in [0, 0.1) is 0 Å². The van der Waals surface area contributed by atoms with Crippen molar-refractivity contribution in [3.8, 4) is 28.5 Å². The highest BCUT2D eigenvalue weighted by Crippen LogP contribution is 2.40. The van der Waals surface area contributed by atoms with Crippen LogP contribution in [-0.2, 0) is 0 Å². The third kappa shape index (κ3) is 5.27. The predicted molar refractivity (Wildman–Crippen MR) is 135 cm³/mol. The van der Waals surface area contributed by atoms with Crippen molar-refractivity contribution < 1.29 is 19.0 Å². The van der Waals surface area contributed by atoms with Crippen LogP contribution in [0.25, 0.3) is 11.3 Å². The summed E-state index contributed by atoms with van der Waals surface area (Å²) in [6.45, 7) is 0. The maximum absolute atomic E-state index is 12.1. The number of ether oxygens (including phenoxy) is 3. The average Bonchev–Trinajstić information content (AvgIpc) is 3.36. The molecule has 4 aromatic rings. The minimum Gasteiger partial charge on any atom is -0.493 e. The zero-order chi connectivity index (χ0) is 25.7. The Kier molecular flexibility index (Phi) is 7.14. The molecule has 0 bridgehead atoms. The van der Waals surface area contributed by atoms with Gasteiger partial charge in [-0.2, -0.15) is 10.1 Å². The molecule has 0 fully saturated rings. The van der Waals surface area contributed by atoms with E-state index < -0.39 is 0 Å². The number of benzene rings is 2. The normalized spacial score (nSPS) is 10.5. The lowest BCUT2D eigenvalue weighted by Gasteiger charge is -2.14. The van der Waals surface area contributed by atoms with Crippen LogP contribution in [0.1, 0.15) is 10.4 Å². The number of hydrogen-bond acceptors (Lipinski definition) is 10. The second kappa shape index (κ2) is 10.6.